The number of aryl methyl sites for hydroxylation is 1. The smallest absolute Gasteiger partial charge is 0.323 e. The first kappa shape index (κ1) is 14.1. The molecule has 0 aliphatic carbocycles. The van der Waals surface area contributed by atoms with Gasteiger partial charge in [-0.3, -0.25) is 14.3 Å². The van der Waals surface area contributed by atoms with Crippen LogP contribution in [0.15, 0.2) is 12.4 Å². The Bertz CT molecular complexity index is 379. The summed E-state index contributed by atoms with van der Waals surface area (Å²) >= 11 is 0. The Hall–Kier alpha value is -1.96. The van der Waals surface area contributed by atoms with E-state index in [1.807, 2.05) is 0 Å². The quantitative estimate of drug-likeness (QED) is 0.655. The van der Waals surface area contributed by atoms with Crippen molar-refractivity contribution in [2.24, 2.45) is 0 Å². The molecule has 0 aliphatic rings. The van der Waals surface area contributed by atoms with E-state index in [0.29, 0.717) is 13.2 Å². The molecule has 0 bridgehead atoms. The molecule has 1 aromatic rings. The van der Waals surface area contributed by atoms with E-state index in [0.717, 1.165) is 0 Å². The zero-order chi connectivity index (χ0) is 13.4. The summed E-state index contributed by atoms with van der Waals surface area (Å²) in [5.74, 6) is -1.29. The zero-order valence-electron chi connectivity index (χ0n) is 10.2. The average molecular weight is 256 g/mol. The molecule has 0 radical (unpaired) electrons. The number of aliphatic carboxylic acids is 1. The fourth-order valence-corrected chi connectivity index (χ4v) is 1.38. The van der Waals surface area contributed by atoms with E-state index in [1.165, 1.54) is 22.9 Å². The van der Waals surface area contributed by atoms with Crippen molar-refractivity contribution in [1.29, 1.82) is 0 Å². The van der Waals surface area contributed by atoms with Crippen LogP contribution in [0.2, 0.25) is 0 Å². The number of nitrogens with zero attached hydrogens (tertiary/aromatic N) is 4. The van der Waals surface area contributed by atoms with Crippen molar-refractivity contribution in [2.45, 2.75) is 13.0 Å². The maximum Gasteiger partial charge on any atom is 0.323 e. The van der Waals surface area contributed by atoms with Crippen molar-refractivity contribution in [2.75, 3.05) is 26.8 Å². The number of rotatable bonds is 8. The predicted octanol–water partition coefficient (Wildman–Crippen LogP) is -0.772. The molecular formula is C10H16N4O4. The number of amides is 1. The Balaban J connectivity index is 2.44. The summed E-state index contributed by atoms with van der Waals surface area (Å²) in [6.45, 7) is 0.628. The maximum atomic E-state index is 11.8. The predicted molar refractivity (Wildman–Crippen MR) is 60.7 cm³/mol. The van der Waals surface area contributed by atoms with Gasteiger partial charge in [-0.15, -0.1) is 5.10 Å². The number of aromatic nitrogens is 3. The lowest BCUT2D eigenvalue weighted by atomic mass is 10.3. The Morgan fingerprint density at radius 3 is 2.83 bits per heavy atom. The van der Waals surface area contributed by atoms with E-state index in [-0.39, 0.29) is 25.4 Å². The molecule has 100 valence electrons. The molecule has 0 aromatic carbocycles. The SMILES string of the molecule is COCCN(CC(=O)O)C(=O)CCn1ccnn1. The molecule has 1 amide bonds. The fraction of sp³-hybridized carbons (Fsp3) is 0.600. The summed E-state index contributed by atoms with van der Waals surface area (Å²) in [5, 5.41) is 16.1. The number of ether oxygens (including phenoxy) is 1. The van der Waals surface area contributed by atoms with Crippen LogP contribution in [-0.2, 0) is 20.9 Å². The van der Waals surface area contributed by atoms with Crippen molar-refractivity contribution in [3.63, 3.8) is 0 Å². The minimum absolute atomic E-state index is 0.181. The molecule has 0 unspecified atom stereocenters. The van der Waals surface area contributed by atoms with Gasteiger partial charge < -0.3 is 14.7 Å². The Kier molecular flexibility index (Phi) is 5.78. The molecular weight excluding hydrogens is 240 g/mol. The summed E-state index contributed by atoms with van der Waals surface area (Å²) in [4.78, 5) is 23.7. The lowest BCUT2D eigenvalue weighted by Gasteiger charge is -2.20. The summed E-state index contributed by atoms with van der Waals surface area (Å²) in [7, 11) is 1.50. The van der Waals surface area contributed by atoms with Crippen LogP contribution in [0.3, 0.4) is 0 Å². The topological polar surface area (TPSA) is 97.6 Å². The van der Waals surface area contributed by atoms with Gasteiger partial charge in [0.1, 0.15) is 6.54 Å². The largest absolute Gasteiger partial charge is 0.480 e. The first-order valence-electron chi connectivity index (χ1n) is 5.46. The van der Waals surface area contributed by atoms with Crippen LogP contribution >= 0.6 is 0 Å². The van der Waals surface area contributed by atoms with E-state index < -0.39 is 5.97 Å². The highest BCUT2D eigenvalue weighted by molar-refractivity contribution is 5.81. The van der Waals surface area contributed by atoms with Crippen LogP contribution < -0.4 is 0 Å². The minimum Gasteiger partial charge on any atom is -0.480 e. The molecule has 0 fully saturated rings. The van der Waals surface area contributed by atoms with Crippen molar-refractivity contribution < 1.29 is 19.4 Å². The van der Waals surface area contributed by atoms with E-state index in [1.54, 1.807) is 6.20 Å². The molecule has 0 aliphatic heterocycles. The van der Waals surface area contributed by atoms with Gasteiger partial charge in [-0.2, -0.15) is 0 Å². The van der Waals surface area contributed by atoms with Crippen molar-refractivity contribution in [1.82, 2.24) is 19.9 Å². The third-order valence-electron chi connectivity index (χ3n) is 2.27. The Morgan fingerprint density at radius 1 is 1.50 bits per heavy atom. The number of hydrogen-bond donors (Lipinski definition) is 1. The van der Waals surface area contributed by atoms with Crippen LogP contribution in [0.5, 0.6) is 0 Å². The fourth-order valence-electron chi connectivity index (χ4n) is 1.38. The number of carboxylic acid groups (broad SMARTS) is 1. The summed E-state index contributed by atoms with van der Waals surface area (Å²) in [6.07, 6.45) is 3.34. The van der Waals surface area contributed by atoms with E-state index in [9.17, 15) is 9.59 Å². The third kappa shape index (κ3) is 4.91. The van der Waals surface area contributed by atoms with Crippen LogP contribution in [0.4, 0.5) is 0 Å². The van der Waals surface area contributed by atoms with Gasteiger partial charge in [0.25, 0.3) is 0 Å². The molecule has 18 heavy (non-hydrogen) atoms. The van der Waals surface area contributed by atoms with Gasteiger partial charge in [0, 0.05) is 26.3 Å². The number of carbonyl (C=O) groups excluding carboxylic acids is 1. The number of hydrogen-bond acceptors (Lipinski definition) is 5. The highest BCUT2D eigenvalue weighted by atomic mass is 16.5. The molecule has 1 rings (SSSR count). The zero-order valence-corrected chi connectivity index (χ0v) is 10.2. The molecule has 0 spiro atoms. The van der Waals surface area contributed by atoms with E-state index >= 15 is 0 Å². The van der Waals surface area contributed by atoms with E-state index in [4.69, 9.17) is 9.84 Å². The second-order valence-electron chi connectivity index (χ2n) is 3.62. The van der Waals surface area contributed by atoms with Gasteiger partial charge >= 0.3 is 5.97 Å². The van der Waals surface area contributed by atoms with Crippen molar-refractivity contribution >= 4 is 11.9 Å². The third-order valence-corrected chi connectivity index (χ3v) is 2.27. The normalized spacial score (nSPS) is 10.3. The Morgan fingerprint density at radius 2 is 2.28 bits per heavy atom. The number of methoxy groups -OCH3 is 1. The second-order valence-corrected chi connectivity index (χ2v) is 3.62. The standard InChI is InChI=1S/C10H16N4O4/c1-18-7-6-13(8-10(16)17)9(15)2-4-14-5-3-11-12-14/h3,5H,2,4,6-8H2,1H3,(H,16,17). The Labute approximate surface area is 104 Å². The van der Waals surface area contributed by atoms with Crippen LogP contribution in [0, 0.1) is 0 Å². The second kappa shape index (κ2) is 7.38. The molecule has 1 N–H and O–H groups in total. The summed E-state index contributed by atoms with van der Waals surface area (Å²) in [6, 6.07) is 0. The molecule has 8 heteroatoms. The van der Waals surface area contributed by atoms with Crippen molar-refractivity contribution in [3.8, 4) is 0 Å². The van der Waals surface area contributed by atoms with Crippen LogP contribution in [0.1, 0.15) is 6.42 Å². The van der Waals surface area contributed by atoms with Crippen LogP contribution in [0.25, 0.3) is 0 Å². The molecule has 0 saturated heterocycles. The first-order valence-corrected chi connectivity index (χ1v) is 5.46. The van der Waals surface area contributed by atoms with Gasteiger partial charge in [-0.25, -0.2) is 0 Å². The van der Waals surface area contributed by atoms with Gasteiger partial charge in [0.2, 0.25) is 5.91 Å². The molecule has 1 aromatic heterocycles. The number of carbonyl (C=O) groups is 2. The minimum atomic E-state index is -1.04. The number of carboxylic acids is 1. The van der Waals surface area contributed by atoms with Crippen LogP contribution in [-0.4, -0.2) is 63.7 Å². The van der Waals surface area contributed by atoms with Crippen molar-refractivity contribution in [3.05, 3.63) is 12.4 Å². The highest BCUT2D eigenvalue weighted by Gasteiger charge is 2.16. The first-order chi connectivity index (χ1) is 8.63. The van der Waals surface area contributed by atoms with Gasteiger partial charge in [0.05, 0.1) is 19.3 Å². The summed E-state index contributed by atoms with van der Waals surface area (Å²) in [5.41, 5.74) is 0. The van der Waals surface area contributed by atoms with Gasteiger partial charge in [0.15, 0.2) is 0 Å². The average Bonchev–Trinajstić information content (AvgIpc) is 2.84. The monoisotopic (exact) mass is 256 g/mol. The molecule has 0 atom stereocenters. The molecule has 8 nitrogen and oxygen atoms in total. The summed E-state index contributed by atoms with van der Waals surface area (Å²) < 4.78 is 6.36. The lowest BCUT2D eigenvalue weighted by molar-refractivity contribution is -0.145. The lowest BCUT2D eigenvalue weighted by Crippen LogP contribution is -2.38. The molecule has 0 saturated carbocycles. The maximum absolute atomic E-state index is 11.8. The molecule has 1 heterocycles. The highest BCUT2D eigenvalue weighted by Crippen LogP contribution is 1.97. The van der Waals surface area contributed by atoms with E-state index in [2.05, 4.69) is 10.3 Å². The van der Waals surface area contributed by atoms with Gasteiger partial charge in [-0.05, 0) is 0 Å². The van der Waals surface area contributed by atoms with Gasteiger partial charge in [-0.1, -0.05) is 5.21 Å².